The number of nitrogens with zero attached hydrogens (tertiary/aromatic N) is 1. The smallest absolute Gasteiger partial charge is 0.295 e. The van der Waals surface area contributed by atoms with Crippen molar-refractivity contribution in [1.29, 1.82) is 0 Å². The third-order valence-electron chi connectivity index (χ3n) is 3.60. The van der Waals surface area contributed by atoms with E-state index in [1.54, 1.807) is 18.2 Å². The maximum atomic E-state index is 11.9. The van der Waals surface area contributed by atoms with E-state index in [1.165, 1.54) is 36.8 Å². The number of hydrazone groups is 1. The van der Waals surface area contributed by atoms with Crippen LogP contribution >= 0.6 is 23.2 Å². The first-order chi connectivity index (χ1) is 10.2. The zero-order chi connectivity index (χ0) is 15.1. The van der Waals surface area contributed by atoms with Crippen molar-refractivity contribution in [3.8, 4) is 0 Å². The summed E-state index contributed by atoms with van der Waals surface area (Å²) in [6.07, 6.45) is 6.46. The Kier molecular flexibility index (Phi) is 6.49. The lowest BCUT2D eigenvalue weighted by atomic mass is 10.2. The number of nitrogens with one attached hydrogen (secondary N) is 2. The number of amides is 1. The molecule has 1 heterocycles. The molecular formula is C15H20Cl2N3O+. The molecule has 1 fully saturated rings. The molecule has 6 heteroatoms. The van der Waals surface area contributed by atoms with E-state index in [-0.39, 0.29) is 5.91 Å². The van der Waals surface area contributed by atoms with E-state index in [1.807, 2.05) is 0 Å². The summed E-state index contributed by atoms with van der Waals surface area (Å²) in [6.45, 7) is 2.61. The van der Waals surface area contributed by atoms with Gasteiger partial charge in [0.2, 0.25) is 0 Å². The van der Waals surface area contributed by atoms with Crippen molar-refractivity contribution in [3.05, 3.63) is 33.8 Å². The standard InChI is InChI=1S/C15H19Cl2N3O/c16-13-7-5-6-12(15(13)17)10-18-19-14(21)11-20-8-3-1-2-4-9-20/h5-7,10H,1-4,8-9,11H2,(H,19,21)/p+1/b18-10-. The van der Waals surface area contributed by atoms with Crippen LogP contribution in [-0.4, -0.2) is 31.8 Å². The highest BCUT2D eigenvalue weighted by Crippen LogP contribution is 2.23. The molecule has 0 bridgehead atoms. The normalized spacial score (nSPS) is 16.9. The molecule has 1 aliphatic heterocycles. The van der Waals surface area contributed by atoms with Gasteiger partial charge in [-0.25, -0.2) is 5.43 Å². The molecule has 1 aliphatic rings. The topological polar surface area (TPSA) is 45.9 Å². The number of quaternary nitrogens is 1. The second-order valence-electron chi connectivity index (χ2n) is 5.28. The lowest BCUT2D eigenvalue weighted by Crippen LogP contribution is -3.13. The van der Waals surface area contributed by atoms with Crippen molar-refractivity contribution in [2.45, 2.75) is 25.7 Å². The molecule has 2 N–H and O–H groups in total. The van der Waals surface area contributed by atoms with E-state index in [2.05, 4.69) is 10.5 Å². The van der Waals surface area contributed by atoms with Crippen LogP contribution in [0.25, 0.3) is 0 Å². The Bertz CT molecular complexity index is 512. The second-order valence-corrected chi connectivity index (χ2v) is 6.06. The third kappa shape index (κ3) is 5.30. The van der Waals surface area contributed by atoms with Gasteiger partial charge in [-0.05, 0) is 31.7 Å². The van der Waals surface area contributed by atoms with Crippen molar-refractivity contribution in [1.82, 2.24) is 5.43 Å². The van der Waals surface area contributed by atoms with Crippen molar-refractivity contribution < 1.29 is 9.69 Å². The van der Waals surface area contributed by atoms with E-state index in [0.717, 1.165) is 13.1 Å². The molecule has 1 aromatic carbocycles. The van der Waals surface area contributed by atoms with Crippen LogP contribution in [-0.2, 0) is 4.79 Å². The molecule has 1 aromatic rings. The number of hydrogen-bond acceptors (Lipinski definition) is 2. The van der Waals surface area contributed by atoms with Gasteiger partial charge in [0, 0.05) is 5.56 Å². The Morgan fingerprint density at radius 1 is 1.24 bits per heavy atom. The average molecular weight is 329 g/mol. The molecule has 0 spiro atoms. The summed E-state index contributed by atoms with van der Waals surface area (Å²) in [7, 11) is 0. The van der Waals surface area contributed by atoms with Crippen LogP contribution in [0.3, 0.4) is 0 Å². The largest absolute Gasteiger partial charge is 0.327 e. The molecule has 4 nitrogen and oxygen atoms in total. The molecule has 0 radical (unpaired) electrons. The van der Waals surface area contributed by atoms with Crippen LogP contribution in [0.4, 0.5) is 0 Å². The predicted octanol–water partition coefficient (Wildman–Crippen LogP) is 1.90. The fraction of sp³-hybridized carbons (Fsp3) is 0.467. The van der Waals surface area contributed by atoms with Crippen LogP contribution in [0.15, 0.2) is 23.3 Å². The van der Waals surface area contributed by atoms with Crippen LogP contribution in [0.5, 0.6) is 0 Å². The third-order valence-corrected chi connectivity index (χ3v) is 4.43. The van der Waals surface area contributed by atoms with Crippen molar-refractivity contribution in [2.75, 3.05) is 19.6 Å². The summed E-state index contributed by atoms with van der Waals surface area (Å²) in [5.74, 6) is -0.0682. The first kappa shape index (κ1) is 16.3. The SMILES string of the molecule is O=C(C[NH+]1CCCCCC1)N/N=C\c1cccc(Cl)c1Cl. The molecule has 21 heavy (non-hydrogen) atoms. The second kappa shape index (κ2) is 8.37. The fourth-order valence-corrected chi connectivity index (χ4v) is 2.82. The summed E-state index contributed by atoms with van der Waals surface area (Å²) in [6, 6.07) is 5.30. The zero-order valence-electron chi connectivity index (χ0n) is 11.9. The minimum Gasteiger partial charge on any atom is -0.327 e. The lowest BCUT2D eigenvalue weighted by molar-refractivity contribution is -0.891. The molecular weight excluding hydrogens is 309 g/mol. The van der Waals surface area contributed by atoms with E-state index >= 15 is 0 Å². The van der Waals surface area contributed by atoms with Crippen LogP contribution in [0.1, 0.15) is 31.2 Å². The van der Waals surface area contributed by atoms with Gasteiger partial charge in [-0.1, -0.05) is 35.3 Å². The number of carbonyl (C=O) groups is 1. The fourth-order valence-electron chi connectivity index (χ4n) is 2.47. The summed E-state index contributed by atoms with van der Waals surface area (Å²) in [5.41, 5.74) is 3.24. The molecule has 0 unspecified atom stereocenters. The number of carbonyl (C=O) groups excluding carboxylic acids is 1. The monoisotopic (exact) mass is 328 g/mol. The van der Waals surface area contributed by atoms with Crippen LogP contribution in [0, 0.1) is 0 Å². The summed E-state index contributed by atoms with van der Waals surface area (Å²) in [4.78, 5) is 13.2. The highest BCUT2D eigenvalue weighted by molar-refractivity contribution is 6.43. The molecule has 2 rings (SSSR count). The number of rotatable bonds is 4. The summed E-state index contributed by atoms with van der Waals surface area (Å²) >= 11 is 12.0. The van der Waals surface area contributed by atoms with Crippen molar-refractivity contribution >= 4 is 35.3 Å². The lowest BCUT2D eigenvalue weighted by Gasteiger charge is -2.15. The van der Waals surface area contributed by atoms with Gasteiger partial charge < -0.3 is 4.90 Å². The maximum absolute atomic E-state index is 11.9. The maximum Gasteiger partial charge on any atom is 0.295 e. The van der Waals surface area contributed by atoms with Gasteiger partial charge in [0.1, 0.15) is 0 Å². The molecule has 1 amide bonds. The van der Waals surface area contributed by atoms with Crippen LogP contribution < -0.4 is 10.3 Å². The van der Waals surface area contributed by atoms with Gasteiger partial charge >= 0.3 is 0 Å². The first-order valence-corrected chi connectivity index (χ1v) is 8.02. The Hall–Kier alpha value is -1.10. The van der Waals surface area contributed by atoms with Gasteiger partial charge in [-0.2, -0.15) is 5.10 Å². The van der Waals surface area contributed by atoms with Crippen molar-refractivity contribution in [2.24, 2.45) is 5.10 Å². The van der Waals surface area contributed by atoms with Crippen LogP contribution in [0.2, 0.25) is 10.0 Å². The number of benzene rings is 1. The molecule has 114 valence electrons. The number of hydrogen-bond donors (Lipinski definition) is 2. The van der Waals surface area contributed by atoms with Gasteiger partial charge in [-0.15, -0.1) is 0 Å². The van der Waals surface area contributed by atoms with E-state index in [4.69, 9.17) is 23.2 Å². The Morgan fingerprint density at radius 2 is 1.95 bits per heavy atom. The zero-order valence-corrected chi connectivity index (χ0v) is 13.4. The van der Waals surface area contributed by atoms with E-state index in [0.29, 0.717) is 22.2 Å². The minimum atomic E-state index is -0.0682. The Morgan fingerprint density at radius 3 is 2.67 bits per heavy atom. The number of likely N-dealkylation sites (tertiary alicyclic amines) is 1. The van der Waals surface area contributed by atoms with Crippen molar-refractivity contribution in [3.63, 3.8) is 0 Å². The Balaban J connectivity index is 1.82. The molecule has 0 atom stereocenters. The molecule has 0 aromatic heterocycles. The van der Waals surface area contributed by atoms with Gasteiger partial charge in [-0.3, -0.25) is 4.79 Å². The molecule has 1 saturated heterocycles. The Labute approximate surface area is 135 Å². The van der Waals surface area contributed by atoms with Gasteiger partial charge in [0.15, 0.2) is 6.54 Å². The quantitative estimate of drug-likeness (QED) is 0.643. The molecule has 0 aliphatic carbocycles. The first-order valence-electron chi connectivity index (χ1n) is 7.26. The van der Waals surface area contributed by atoms with Gasteiger partial charge in [0.05, 0.1) is 29.3 Å². The predicted molar refractivity (Wildman–Crippen MR) is 86.2 cm³/mol. The van der Waals surface area contributed by atoms with Gasteiger partial charge in [0.25, 0.3) is 5.91 Å². The van der Waals surface area contributed by atoms with E-state index < -0.39 is 0 Å². The minimum absolute atomic E-state index is 0.0682. The van der Waals surface area contributed by atoms with E-state index in [9.17, 15) is 4.79 Å². The average Bonchev–Trinajstić information content (AvgIpc) is 2.72. The summed E-state index contributed by atoms with van der Waals surface area (Å²) in [5, 5.41) is 4.86. The molecule has 0 saturated carbocycles. The highest BCUT2D eigenvalue weighted by atomic mass is 35.5. The highest BCUT2D eigenvalue weighted by Gasteiger charge is 2.15. The summed E-state index contributed by atoms with van der Waals surface area (Å²) < 4.78 is 0. The number of halogens is 2.